The number of halogens is 2. The molecule has 2 aromatic rings. The molecule has 0 fully saturated rings. The molecule has 1 aromatic carbocycles. The van der Waals surface area contributed by atoms with E-state index in [1.54, 1.807) is 12.3 Å². The van der Waals surface area contributed by atoms with Crippen molar-refractivity contribution in [3.8, 4) is 11.6 Å². The van der Waals surface area contributed by atoms with E-state index in [1.165, 1.54) is 6.33 Å². The summed E-state index contributed by atoms with van der Waals surface area (Å²) in [5, 5.41) is 0.569. The van der Waals surface area contributed by atoms with Gasteiger partial charge < -0.3 is 4.74 Å². The fourth-order valence-corrected chi connectivity index (χ4v) is 1.74. The molecule has 16 heavy (non-hydrogen) atoms. The topological polar surface area (TPSA) is 35.0 Å². The lowest BCUT2D eigenvalue weighted by Gasteiger charge is -2.08. The normalized spacial score (nSPS) is 10.2. The smallest absolute Gasteiger partial charge is 0.235 e. The van der Waals surface area contributed by atoms with Gasteiger partial charge in [-0.15, -0.1) is 0 Å². The highest BCUT2D eigenvalue weighted by molar-refractivity contribution is 14.1. The summed E-state index contributed by atoms with van der Waals surface area (Å²) in [6.45, 7) is 1.98. The highest BCUT2D eigenvalue weighted by Crippen LogP contribution is 2.30. The number of aromatic nitrogens is 2. The van der Waals surface area contributed by atoms with Crippen molar-refractivity contribution in [3.63, 3.8) is 0 Å². The molecule has 0 spiro atoms. The van der Waals surface area contributed by atoms with Crippen molar-refractivity contribution < 1.29 is 4.74 Å². The van der Waals surface area contributed by atoms with Crippen LogP contribution in [0.5, 0.6) is 11.6 Å². The number of nitrogens with zero attached hydrogens (tertiary/aromatic N) is 2. The molecule has 0 aliphatic rings. The summed E-state index contributed by atoms with van der Waals surface area (Å²) in [6.07, 6.45) is 3.13. The van der Waals surface area contributed by atoms with Gasteiger partial charge in [-0.1, -0.05) is 17.7 Å². The summed E-state index contributed by atoms with van der Waals surface area (Å²) in [4.78, 5) is 7.94. The Hall–Kier alpha value is -0.880. The Morgan fingerprint density at radius 2 is 2.19 bits per heavy atom. The molecule has 0 saturated carbocycles. The molecule has 0 unspecified atom stereocenters. The van der Waals surface area contributed by atoms with Gasteiger partial charge in [-0.25, -0.2) is 9.97 Å². The van der Waals surface area contributed by atoms with Crippen LogP contribution >= 0.6 is 34.2 Å². The summed E-state index contributed by atoms with van der Waals surface area (Å²) < 4.78 is 6.48. The first-order valence-electron chi connectivity index (χ1n) is 4.56. The molecule has 1 heterocycles. The third-order valence-corrected chi connectivity index (χ3v) is 2.98. The van der Waals surface area contributed by atoms with Crippen molar-refractivity contribution in [2.24, 2.45) is 0 Å². The molecule has 82 valence electrons. The Balaban J connectivity index is 2.34. The Labute approximate surface area is 112 Å². The second-order valence-electron chi connectivity index (χ2n) is 3.21. The van der Waals surface area contributed by atoms with Gasteiger partial charge in [0.25, 0.3) is 0 Å². The monoisotopic (exact) mass is 346 g/mol. The van der Waals surface area contributed by atoms with Crippen LogP contribution < -0.4 is 4.74 Å². The first-order valence-corrected chi connectivity index (χ1v) is 6.02. The third kappa shape index (κ3) is 2.62. The number of hydrogen-bond donors (Lipinski definition) is 0. The van der Waals surface area contributed by atoms with Crippen molar-refractivity contribution in [2.45, 2.75) is 6.92 Å². The van der Waals surface area contributed by atoms with Gasteiger partial charge in [0.15, 0.2) is 0 Å². The van der Waals surface area contributed by atoms with Crippen molar-refractivity contribution in [1.29, 1.82) is 0 Å². The van der Waals surface area contributed by atoms with E-state index in [0.717, 1.165) is 9.13 Å². The molecular formula is C11H8ClIN2O. The van der Waals surface area contributed by atoms with Gasteiger partial charge in [0.1, 0.15) is 12.1 Å². The molecular weight excluding hydrogens is 338 g/mol. The molecule has 0 aliphatic carbocycles. The van der Waals surface area contributed by atoms with Crippen LogP contribution in [0.25, 0.3) is 0 Å². The predicted octanol–water partition coefficient (Wildman–Crippen LogP) is 3.84. The van der Waals surface area contributed by atoms with Crippen LogP contribution in [0.2, 0.25) is 5.02 Å². The zero-order chi connectivity index (χ0) is 11.5. The van der Waals surface area contributed by atoms with Gasteiger partial charge in [0.2, 0.25) is 5.88 Å². The second-order valence-corrected chi connectivity index (χ2v) is 4.78. The molecule has 0 amide bonds. The standard InChI is InChI=1S/C11H8ClIN2O/c1-7-2-3-8(12)10(4-7)16-11-9(13)5-14-6-15-11/h2-6H,1H3. The van der Waals surface area contributed by atoms with Crippen LogP contribution in [-0.2, 0) is 0 Å². The maximum atomic E-state index is 6.03. The van der Waals surface area contributed by atoms with Gasteiger partial charge in [-0.3, -0.25) is 0 Å². The van der Waals surface area contributed by atoms with Crippen molar-refractivity contribution in [2.75, 3.05) is 0 Å². The largest absolute Gasteiger partial charge is 0.436 e. The third-order valence-electron chi connectivity index (χ3n) is 1.93. The fourth-order valence-electron chi connectivity index (χ4n) is 1.17. The van der Waals surface area contributed by atoms with E-state index < -0.39 is 0 Å². The molecule has 0 bridgehead atoms. The first-order chi connectivity index (χ1) is 7.66. The zero-order valence-corrected chi connectivity index (χ0v) is 11.4. The molecule has 5 heteroatoms. The summed E-state index contributed by atoms with van der Waals surface area (Å²) >= 11 is 8.14. The minimum atomic E-state index is 0.517. The van der Waals surface area contributed by atoms with Crippen molar-refractivity contribution in [3.05, 3.63) is 44.9 Å². The van der Waals surface area contributed by atoms with Crippen LogP contribution in [0.3, 0.4) is 0 Å². The minimum Gasteiger partial charge on any atom is -0.436 e. The number of rotatable bonds is 2. The molecule has 3 nitrogen and oxygen atoms in total. The maximum Gasteiger partial charge on any atom is 0.235 e. The quantitative estimate of drug-likeness (QED) is 0.775. The van der Waals surface area contributed by atoms with Crippen molar-refractivity contribution in [1.82, 2.24) is 9.97 Å². The molecule has 0 radical (unpaired) electrons. The van der Waals surface area contributed by atoms with Gasteiger partial charge in [0, 0.05) is 6.20 Å². The van der Waals surface area contributed by atoms with Crippen LogP contribution in [0.15, 0.2) is 30.7 Å². The fraction of sp³-hybridized carbons (Fsp3) is 0.0909. The summed E-state index contributed by atoms with van der Waals surface area (Å²) in [5.74, 6) is 1.13. The molecule has 0 saturated heterocycles. The van der Waals surface area contributed by atoms with E-state index in [1.807, 2.05) is 19.1 Å². The highest BCUT2D eigenvalue weighted by atomic mass is 127. The van der Waals surface area contributed by atoms with Crippen LogP contribution in [-0.4, -0.2) is 9.97 Å². The number of benzene rings is 1. The number of ether oxygens (including phenoxy) is 1. The van der Waals surface area contributed by atoms with E-state index in [0.29, 0.717) is 16.7 Å². The van der Waals surface area contributed by atoms with Crippen LogP contribution in [0.4, 0.5) is 0 Å². The van der Waals surface area contributed by atoms with Crippen molar-refractivity contribution >= 4 is 34.2 Å². The average Bonchev–Trinajstić information content (AvgIpc) is 2.27. The predicted molar refractivity (Wildman–Crippen MR) is 71.0 cm³/mol. The molecule has 0 aliphatic heterocycles. The summed E-state index contributed by atoms with van der Waals surface area (Å²) in [6, 6.07) is 5.61. The van der Waals surface area contributed by atoms with E-state index in [9.17, 15) is 0 Å². The van der Waals surface area contributed by atoms with E-state index in [4.69, 9.17) is 16.3 Å². The summed E-state index contributed by atoms with van der Waals surface area (Å²) in [5.41, 5.74) is 1.09. The Morgan fingerprint density at radius 1 is 1.38 bits per heavy atom. The van der Waals surface area contributed by atoms with Crippen LogP contribution in [0, 0.1) is 10.5 Å². The zero-order valence-electron chi connectivity index (χ0n) is 8.45. The Kier molecular flexibility index (Phi) is 3.60. The van der Waals surface area contributed by atoms with Crippen LogP contribution in [0.1, 0.15) is 5.56 Å². The second kappa shape index (κ2) is 4.97. The lowest BCUT2D eigenvalue weighted by Crippen LogP contribution is -1.92. The molecule has 2 rings (SSSR count). The lowest BCUT2D eigenvalue weighted by molar-refractivity contribution is 0.457. The number of hydrogen-bond acceptors (Lipinski definition) is 3. The Morgan fingerprint density at radius 3 is 2.94 bits per heavy atom. The average molecular weight is 347 g/mol. The lowest BCUT2D eigenvalue weighted by atomic mass is 10.2. The summed E-state index contributed by atoms with van der Waals surface area (Å²) in [7, 11) is 0. The van der Waals surface area contributed by atoms with E-state index in [2.05, 4.69) is 32.6 Å². The molecule has 0 atom stereocenters. The van der Waals surface area contributed by atoms with E-state index in [-0.39, 0.29) is 0 Å². The van der Waals surface area contributed by atoms with Gasteiger partial charge in [0.05, 0.1) is 8.59 Å². The molecule has 0 N–H and O–H groups in total. The molecule has 1 aromatic heterocycles. The van der Waals surface area contributed by atoms with E-state index >= 15 is 0 Å². The van der Waals surface area contributed by atoms with Gasteiger partial charge in [-0.2, -0.15) is 0 Å². The van der Waals surface area contributed by atoms with Gasteiger partial charge >= 0.3 is 0 Å². The first kappa shape index (κ1) is 11.6. The minimum absolute atomic E-state index is 0.517. The number of aryl methyl sites for hydroxylation is 1. The maximum absolute atomic E-state index is 6.03. The Bertz CT molecular complexity index is 519. The highest BCUT2D eigenvalue weighted by Gasteiger charge is 2.07. The van der Waals surface area contributed by atoms with Gasteiger partial charge in [-0.05, 0) is 47.2 Å². The SMILES string of the molecule is Cc1ccc(Cl)c(Oc2ncncc2I)c1.